The largest absolute Gasteiger partial charge is 0.476 e. The summed E-state index contributed by atoms with van der Waals surface area (Å²) in [5, 5.41) is 3.32. The van der Waals surface area contributed by atoms with Crippen LogP contribution in [0.3, 0.4) is 0 Å². The predicted molar refractivity (Wildman–Crippen MR) is 53.9 cm³/mol. The molecule has 0 aliphatic heterocycles. The monoisotopic (exact) mass is 314 g/mol. The fourth-order valence-corrected chi connectivity index (χ4v) is 2.16. The van der Waals surface area contributed by atoms with E-state index in [2.05, 4.69) is 15.9 Å². The molecule has 4 nitrogen and oxygen atoms in total. The average Bonchev–Trinajstić information content (AvgIpc) is 2.17. The number of aliphatic carboxylic acids is 1. The highest BCUT2D eigenvalue weighted by Crippen LogP contribution is 2.29. The normalized spacial score (nSPS) is 12.4. The summed E-state index contributed by atoms with van der Waals surface area (Å²) in [4.78, 5) is 9.42. The Balaban J connectivity index is 3.33. The summed E-state index contributed by atoms with van der Waals surface area (Å²) in [5.74, 6) is -2.70. The lowest BCUT2D eigenvalue weighted by Gasteiger charge is -2.11. The molecular formula is C8H5BrF2O4S. The van der Waals surface area contributed by atoms with Gasteiger partial charge in [0.05, 0.1) is 4.90 Å². The van der Waals surface area contributed by atoms with Gasteiger partial charge >= 0.3 is 11.2 Å². The second kappa shape index (κ2) is 4.10. The van der Waals surface area contributed by atoms with E-state index >= 15 is 0 Å². The van der Waals surface area contributed by atoms with Gasteiger partial charge in [-0.1, -0.05) is 15.9 Å². The lowest BCUT2D eigenvalue weighted by Crippen LogP contribution is -2.37. The summed E-state index contributed by atoms with van der Waals surface area (Å²) in [6.45, 7) is 0. The van der Waals surface area contributed by atoms with E-state index in [1.165, 1.54) is 12.1 Å². The molecule has 0 saturated carbocycles. The predicted octanol–water partition coefficient (Wildman–Crippen LogP) is 1.90. The molecule has 8 heteroatoms. The maximum Gasteiger partial charge on any atom is 0.444 e. The number of benzene rings is 1. The van der Waals surface area contributed by atoms with E-state index in [1.54, 1.807) is 0 Å². The van der Waals surface area contributed by atoms with Gasteiger partial charge in [0.25, 0.3) is 9.84 Å². The number of carbonyl (C=O) groups is 1. The fraction of sp³-hybridized carbons (Fsp3) is 0.125. The first kappa shape index (κ1) is 13.0. The number of sulfone groups is 1. The van der Waals surface area contributed by atoms with Crippen LogP contribution in [-0.2, 0) is 14.6 Å². The summed E-state index contributed by atoms with van der Waals surface area (Å²) in [7, 11) is -5.21. The van der Waals surface area contributed by atoms with Crippen LogP contribution in [0.2, 0.25) is 0 Å². The number of hydrogen-bond donors (Lipinski definition) is 1. The SMILES string of the molecule is O=C(O)C(F)(F)S(=O)(=O)c1ccc(Br)cc1. The van der Waals surface area contributed by atoms with Crippen molar-refractivity contribution >= 4 is 31.7 Å². The molecule has 0 aliphatic carbocycles. The number of rotatable bonds is 3. The van der Waals surface area contributed by atoms with Crippen molar-refractivity contribution in [1.29, 1.82) is 0 Å². The maximum absolute atomic E-state index is 12.9. The highest BCUT2D eigenvalue weighted by atomic mass is 79.9. The smallest absolute Gasteiger partial charge is 0.444 e. The zero-order valence-electron chi connectivity index (χ0n) is 7.52. The van der Waals surface area contributed by atoms with Crippen LogP contribution in [0.1, 0.15) is 0 Å². The molecule has 1 rings (SSSR count). The minimum Gasteiger partial charge on any atom is -0.476 e. The molecule has 0 heterocycles. The molecule has 0 amide bonds. The molecule has 0 saturated heterocycles. The van der Waals surface area contributed by atoms with Gasteiger partial charge in [-0.05, 0) is 24.3 Å². The molecule has 0 spiro atoms. The van der Waals surface area contributed by atoms with Crippen LogP contribution in [0, 0.1) is 0 Å². The molecule has 0 atom stereocenters. The van der Waals surface area contributed by atoms with Crippen LogP contribution < -0.4 is 0 Å². The van der Waals surface area contributed by atoms with Gasteiger partial charge in [0.2, 0.25) is 0 Å². The van der Waals surface area contributed by atoms with Crippen molar-refractivity contribution in [3.05, 3.63) is 28.7 Å². The zero-order chi connectivity index (χ0) is 12.6. The van der Waals surface area contributed by atoms with E-state index in [0.717, 1.165) is 12.1 Å². The Morgan fingerprint density at radius 3 is 2.06 bits per heavy atom. The van der Waals surface area contributed by atoms with Crippen molar-refractivity contribution in [2.75, 3.05) is 0 Å². The highest BCUT2D eigenvalue weighted by Gasteiger charge is 2.53. The molecule has 88 valence electrons. The Bertz CT molecular complexity index is 509. The average molecular weight is 315 g/mol. The van der Waals surface area contributed by atoms with Crippen LogP contribution in [0.25, 0.3) is 0 Å². The van der Waals surface area contributed by atoms with E-state index in [9.17, 15) is 22.0 Å². The molecule has 0 unspecified atom stereocenters. The molecular weight excluding hydrogens is 310 g/mol. The standard InChI is InChI=1S/C8H5BrF2O4S/c9-5-1-3-6(4-2-5)16(14,15)8(10,11)7(12)13/h1-4H,(H,12,13). The topological polar surface area (TPSA) is 71.4 Å². The van der Waals surface area contributed by atoms with Crippen LogP contribution >= 0.6 is 15.9 Å². The van der Waals surface area contributed by atoms with Gasteiger partial charge in [-0.2, -0.15) is 8.78 Å². The Hall–Kier alpha value is -1.02. The molecule has 1 aromatic rings. The minimum atomic E-state index is -5.21. The quantitative estimate of drug-likeness (QED) is 0.925. The van der Waals surface area contributed by atoms with Gasteiger partial charge in [-0.15, -0.1) is 0 Å². The van der Waals surface area contributed by atoms with Crippen molar-refractivity contribution in [2.45, 2.75) is 10.2 Å². The van der Waals surface area contributed by atoms with Gasteiger partial charge in [0, 0.05) is 4.47 Å². The van der Waals surface area contributed by atoms with Gasteiger partial charge in [-0.3, -0.25) is 0 Å². The molecule has 0 aliphatic rings. The Kier molecular flexibility index (Phi) is 3.34. The first-order valence-electron chi connectivity index (χ1n) is 3.81. The van der Waals surface area contributed by atoms with Gasteiger partial charge in [0.1, 0.15) is 0 Å². The van der Waals surface area contributed by atoms with E-state index in [4.69, 9.17) is 5.11 Å². The first-order valence-corrected chi connectivity index (χ1v) is 6.08. The number of halogens is 3. The Morgan fingerprint density at radius 1 is 1.25 bits per heavy atom. The third-order valence-corrected chi connectivity index (χ3v) is 3.98. The third kappa shape index (κ3) is 2.07. The van der Waals surface area contributed by atoms with Crippen LogP contribution in [-0.4, -0.2) is 24.7 Å². The molecule has 0 radical (unpaired) electrons. The molecule has 1 aromatic carbocycles. The second-order valence-corrected chi connectivity index (χ2v) is 5.69. The van der Waals surface area contributed by atoms with E-state index < -0.39 is 26.0 Å². The Morgan fingerprint density at radius 2 is 1.69 bits per heavy atom. The number of hydrogen-bond acceptors (Lipinski definition) is 3. The molecule has 0 bridgehead atoms. The Labute approximate surface area is 97.9 Å². The zero-order valence-corrected chi connectivity index (χ0v) is 9.93. The van der Waals surface area contributed by atoms with E-state index in [0.29, 0.717) is 4.47 Å². The summed E-state index contributed by atoms with van der Waals surface area (Å²) in [6.07, 6.45) is 0. The van der Waals surface area contributed by atoms with Crippen molar-refractivity contribution in [3.63, 3.8) is 0 Å². The molecule has 16 heavy (non-hydrogen) atoms. The van der Waals surface area contributed by atoms with Crippen molar-refractivity contribution < 1.29 is 27.1 Å². The second-order valence-electron chi connectivity index (χ2n) is 2.78. The minimum absolute atomic E-state index is 0.491. The summed E-state index contributed by atoms with van der Waals surface area (Å²) >= 11 is 2.99. The molecule has 0 fully saturated rings. The summed E-state index contributed by atoms with van der Waals surface area (Å²) in [5.41, 5.74) is 0. The van der Waals surface area contributed by atoms with Crippen LogP contribution in [0.15, 0.2) is 33.6 Å². The maximum atomic E-state index is 12.9. The third-order valence-electron chi connectivity index (χ3n) is 1.71. The lowest BCUT2D eigenvalue weighted by molar-refractivity contribution is -0.153. The van der Waals surface area contributed by atoms with E-state index in [-0.39, 0.29) is 0 Å². The summed E-state index contributed by atoms with van der Waals surface area (Å²) < 4.78 is 48.8. The van der Waals surface area contributed by atoms with Crippen molar-refractivity contribution in [3.8, 4) is 0 Å². The first-order chi connectivity index (χ1) is 7.19. The van der Waals surface area contributed by atoms with Gasteiger partial charge < -0.3 is 5.11 Å². The van der Waals surface area contributed by atoms with Gasteiger partial charge in [0.15, 0.2) is 0 Å². The number of carboxylic acid groups (broad SMARTS) is 1. The number of alkyl halides is 2. The van der Waals surface area contributed by atoms with Gasteiger partial charge in [-0.25, -0.2) is 13.2 Å². The fourth-order valence-electron chi connectivity index (χ4n) is 0.877. The van der Waals surface area contributed by atoms with Crippen molar-refractivity contribution in [2.24, 2.45) is 0 Å². The highest BCUT2D eigenvalue weighted by molar-refractivity contribution is 9.10. The van der Waals surface area contributed by atoms with Crippen molar-refractivity contribution in [1.82, 2.24) is 0 Å². The van der Waals surface area contributed by atoms with Crippen LogP contribution in [0.4, 0.5) is 8.78 Å². The molecule has 1 N–H and O–H groups in total. The number of carboxylic acids is 1. The summed E-state index contributed by atoms with van der Waals surface area (Å²) in [6, 6.07) is 4.25. The lowest BCUT2D eigenvalue weighted by atomic mass is 10.4. The van der Waals surface area contributed by atoms with Crippen LogP contribution in [0.5, 0.6) is 0 Å². The molecule has 0 aromatic heterocycles. The van der Waals surface area contributed by atoms with E-state index in [1.807, 2.05) is 0 Å².